The number of hydrogen-bond acceptors (Lipinski definition) is 2. The van der Waals surface area contributed by atoms with Crippen molar-refractivity contribution in [1.82, 2.24) is 0 Å². The maximum atomic E-state index is 8.35. The number of benzene rings is 4. The van der Waals surface area contributed by atoms with Crippen LogP contribution in [0.2, 0.25) is 0 Å². The molecule has 0 amide bonds. The topological polar surface area (TPSA) is 34.1 Å². The minimum Gasteiger partial charge on any atom is -0.545 e. The van der Waals surface area contributed by atoms with Crippen LogP contribution in [-0.2, 0) is 54.9 Å². The molecule has 2 nitrogen and oxygen atoms in total. The van der Waals surface area contributed by atoms with E-state index in [0.29, 0.717) is 5.88 Å². The first-order valence-corrected chi connectivity index (χ1v) is 28.1. The summed E-state index contributed by atoms with van der Waals surface area (Å²) < 4.78 is 10.8. The summed E-state index contributed by atoms with van der Waals surface area (Å²) in [6.07, 6.45) is 32.8. The average Bonchev–Trinajstić information content (AvgIpc) is 3.39. The largest absolute Gasteiger partial charge is 2.00 e. The van der Waals surface area contributed by atoms with E-state index in [1.165, 1.54) is 140 Å². The normalized spacial score (nSPS) is 16.3. The predicted molar refractivity (Wildman–Crippen MR) is 286 cm³/mol. The Bertz CT molecular complexity index is 1520. The van der Waals surface area contributed by atoms with Gasteiger partial charge >= 0.3 is 16.5 Å². The Labute approximate surface area is 430 Å². The van der Waals surface area contributed by atoms with Crippen LogP contribution >= 0.6 is 27.4 Å². The maximum Gasteiger partial charge on any atom is 2.00 e. The summed E-state index contributed by atoms with van der Waals surface area (Å²) in [4.78, 5) is 16.7. The number of hydrogen-bond donors (Lipinski definition) is 0. The van der Waals surface area contributed by atoms with Crippen molar-refractivity contribution < 1.29 is 45.3 Å². The van der Waals surface area contributed by atoms with Crippen LogP contribution in [0.25, 0.3) is 0 Å². The van der Waals surface area contributed by atoms with Crippen molar-refractivity contribution in [1.29, 1.82) is 0 Å². The van der Waals surface area contributed by atoms with Gasteiger partial charge in [0.05, 0.1) is 0 Å². The molecule has 0 unspecified atom stereocenters. The van der Waals surface area contributed by atoms with Gasteiger partial charge in [-0.25, -0.2) is 0 Å². The third-order valence-corrected chi connectivity index (χ3v) is 19.5. The monoisotopic (exact) mass is 1030 g/mol. The molecule has 65 heavy (non-hydrogen) atoms. The quantitative estimate of drug-likeness (QED) is 0.0418. The first-order valence-electron chi connectivity index (χ1n) is 25.6. The Hall–Kier alpha value is -1.90. The number of allylic oxidation sites excluding steroid dienone is 1. The minimum absolute atomic E-state index is 0. The van der Waals surface area contributed by atoms with Crippen molar-refractivity contribution in [2.24, 2.45) is 0 Å². The van der Waals surface area contributed by atoms with Gasteiger partial charge in [0, 0.05) is 22.4 Å². The molecule has 7 heteroatoms. The van der Waals surface area contributed by atoms with Crippen LogP contribution in [-0.4, -0.2) is 36.2 Å². The van der Waals surface area contributed by atoms with E-state index in [0.717, 1.165) is 42.6 Å². The molecule has 0 radical (unpaired) electrons. The molecule has 0 bridgehead atoms. The van der Waals surface area contributed by atoms with Crippen LogP contribution in [0.4, 0.5) is 0 Å². The fraction of sp³-hybridized carbons (Fsp3) is 0.517. The molecular weight excluding hydrogens is 943 g/mol. The van der Waals surface area contributed by atoms with Gasteiger partial charge < -0.3 is 9.59 Å². The van der Waals surface area contributed by atoms with Gasteiger partial charge in [-0.2, -0.15) is 2.74 Å². The molecule has 4 aliphatic rings. The van der Waals surface area contributed by atoms with E-state index in [9.17, 15) is 0 Å². The van der Waals surface area contributed by atoms with Crippen molar-refractivity contribution in [2.45, 2.75) is 191 Å². The molecule has 4 aromatic rings. The fourth-order valence-electron chi connectivity index (χ4n) is 9.42. The standard InChI is InChI=1S/2C18H27P.C9H10.C7H7Cl.2C2H6.2CHO.2Ni/c2*1-4-10-16(11-5-1)19(17-12-6-2-7-13-17)18-14-8-3-9-15-18;1-2-6-9-7-4-3-5-8-9;8-6-7-4-2-1-3-5-7;4*1-2;;/h2*1,4-5,10-11,17-18H,2-3,6-9,12-15H2;2-5,7-8H,1,6H2;1-5H,6H2;2*1-2H3;2*1H;;/q;;;;;;2*-1;;+2/i;;;;;;2*1D;;. The summed E-state index contributed by atoms with van der Waals surface area (Å²) in [6.45, 7) is 13.2. The zero-order valence-corrected chi connectivity index (χ0v) is 44.9. The van der Waals surface area contributed by atoms with E-state index in [4.69, 9.17) is 23.9 Å². The zero-order chi connectivity index (χ0) is 47.6. The van der Waals surface area contributed by atoms with E-state index < -0.39 is 0 Å². The summed E-state index contributed by atoms with van der Waals surface area (Å²) in [5.74, 6) is 0.612. The molecule has 4 aromatic carbocycles. The average molecular weight is 1030 g/mol. The molecule has 0 aromatic heterocycles. The Kier molecular flexibility index (Phi) is 43.1. The van der Waals surface area contributed by atoms with E-state index in [2.05, 4.69) is 79.4 Å². The van der Waals surface area contributed by atoms with Crippen molar-refractivity contribution in [2.75, 3.05) is 0 Å². The van der Waals surface area contributed by atoms with Crippen LogP contribution in [0.15, 0.2) is 134 Å². The van der Waals surface area contributed by atoms with Crippen molar-refractivity contribution in [3.05, 3.63) is 145 Å². The molecule has 0 heterocycles. The predicted octanol–water partition coefficient (Wildman–Crippen LogP) is 17.3. The zero-order valence-electron chi connectivity index (χ0n) is 42.4. The Morgan fingerprint density at radius 3 is 0.938 bits per heavy atom. The summed E-state index contributed by atoms with van der Waals surface area (Å²) >= 11 is 5.53. The van der Waals surface area contributed by atoms with E-state index in [1.54, 1.807) is 10.6 Å². The summed E-state index contributed by atoms with van der Waals surface area (Å²) in [5, 5.41) is 3.41. The van der Waals surface area contributed by atoms with Gasteiger partial charge in [-0.1, -0.05) is 248 Å². The third-order valence-electron chi connectivity index (χ3n) is 12.2. The summed E-state index contributed by atoms with van der Waals surface area (Å²) in [6, 6.07) is 43.4. The fourth-order valence-corrected chi connectivity index (χ4v) is 17.2. The van der Waals surface area contributed by atoms with Gasteiger partial charge in [-0.15, -0.1) is 18.2 Å². The molecule has 0 aliphatic heterocycles. The summed E-state index contributed by atoms with van der Waals surface area (Å²) in [5.41, 5.74) is 6.65. The molecule has 0 saturated heterocycles. The number of alkyl halides is 1. The minimum atomic E-state index is 0. The molecule has 8 rings (SSSR count). The van der Waals surface area contributed by atoms with Gasteiger partial charge in [0.25, 0.3) is 0 Å². The van der Waals surface area contributed by atoms with Crippen LogP contribution in [0.3, 0.4) is 0 Å². The van der Waals surface area contributed by atoms with E-state index >= 15 is 0 Å². The molecule has 0 N–H and O–H groups in total. The Morgan fingerprint density at radius 1 is 0.492 bits per heavy atom. The van der Waals surface area contributed by atoms with Crippen LogP contribution in [0.1, 0.15) is 170 Å². The number of carbonyl (C=O) groups excluding carboxylic acids is 2. The van der Waals surface area contributed by atoms with Crippen LogP contribution in [0, 0.1) is 0 Å². The summed E-state index contributed by atoms with van der Waals surface area (Å²) in [7, 11) is 0.216. The van der Waals surface area contributed by atoms with Gasteiger partial charge in [-0.3, -0.25) is 13.5 Å². The second kappa shape index (κ2) is 45.9. The van der Waals surface area contributed by atoms with E-state index in [-0.39, 0.29) is 48.8 Å². The second-order valence-corrected chi connectivity index (χ2v) is 22.1. The van der Waals surface area contributed by atoms with Crippen LogP contribution in [0.5, 0.6) is 0 Å². The SMILES string of the molecule is C=CCc1ccccc1.CC.CC.ClCc1ccccc1.[2H][C-]=O.[2H][C-]=O.[Ni+2].[Ni].c1ccc(P(C2CCCCC2)C2CCCCC2)cc1.c1ccc(P(C2CCCCC2)C2CCCCC2)cc1. The molecule has 0 atom stereocenters. The molecule has 0 spiro atoms. The number of rotatable bonds is 9. The maximum absolute atomic E-state index is 8.35. The van der Waals surface area contributed by atoms with Crippen molar-refractivity contribution in [3.63, 3.8) is 0 Å². The molecule has 366 valence electrons. The van der Waals surface area contributed by atoms with E-state index in [1.807, 2.05) is 82.3 Å². The first kappa shape index (κ1) is 61.1. The molecule has 4 saturated carbocycles. The van der Waals surface area contributed by atoms with Crippen LogP contribution < -0.4 is 10.6 Å². The molecule has 4 fully saturated rings. The van der Waals surface area contributed by atoms with Gasteiger partial charge in [-0.05, 0) is 102 Å². The van der Waals surface area contributed by atoms with Crippen molar-refractivity contribution in [3.8, 4) is 0 Å². The van der Waals surface area contributed by atoms with Gasteiger partial charge in [0.1, 0.15) is 0 Å². The van der Waals surface area contributed by atoms with Gasteiger partial charge in [0.2, 0.25) is 0 Å². The first-order chi connectivity index (χ1) is 32.1. The Morgan fingerprint density at radius 2 is 0.723 bits per heavy atom. The number of halogens is 1. The van der Waals surface area contributed by atoms with Crippen molar-refractivity contribution >= 4 is 51.6 Å². The molecular formula is C58H85ClNi2O2P2. The Balaban J connectivity index is 0. The third kappa shape index (κ3) is 27.0. The van der Waals surface area contributed by atoms with Gasteiger partial charge in [0.15, 0.2) is 0 Å². The molecule has 4 aliphatic carbocycles. The second-order valence-electron chi connectivity index (χ2n) is 16.3. The smallest absolute Gasteiger partial charge is 0.545 e.